The van der Waals surface area contributed by atoms with E-state index in [1.807, 2.05) is 0 Å². The summed E-state index contributed by atoms with van der Waals surface area (Å²) in [6.45, 7) is 0. The van der Waals surface area contributed by atoms with Crippen molar-refractivity contribution < 1.29 is 26.3 Å². The van der Waals surface area contributed by atoms with E-state index in [0.717, 1.165) is 12.3 Å². The summed E-state index contributed by atoms with van der Waals surface area (Å²) < 4.78 is 76.8. The van der Waals surface area contributed by atoms with E-state index in [2.05, 4.69) is 10.3 Å². The molecule has 0 fully saturated rings. The second kappa shape index (κ2) is 5.15. The van der Waals surface area contributed by atoms with Crippen molar-refractivity contribution in [2.24, 2.45) is 0 Å². The third-order valence-corrected chi connectivity index (χ3v) is 2.53. The van der Waals surface area contributed by atoms with Gasteiger partial charge in [0.15, 0.2) is 17.5 Å². The lowest BCUT2D eigenvalue weighted by Gasteiger charge is -2.13. The topological polar surface area (TPSA) is 50.9 Å². The third kappa shape index (κ3) is 3.01. The lowest BCUT2D eigenvalue weighted by Crippen LogP contribution is -2.10. The number of nitrogen functional groups attached to an aromatic ring is 1. The molecule has 112 valence electrons. The van der Waals surface area contributed by atoms with Gasteiger partial charge in [-0.15, -0.1) is 0 Å². The number of anilines is 3. The van der Waals surface area contributed by atoms with Crippen molar-refractivity contribution in [1.29, 1.82) is 0 Å². The summed E-state index contributed by atoms with van der Waals surface area (Å²) >= 11 is 0. The summed E-state index contributed by atoms with van der Waals surface area (Å²) in [6, 6.07) is 2.00. The molecule has 1 aromatic heterocycles. The van der Waals surface area contributed by atoms with E-state index in [0.29, 0.717) is 12.1 Å². The van der Waals surface area contributed by atoms with E-state index in [-0.39, 0.29) is 11.4 Å². The number of halogens is 6. The van der Waals surface area contributed by atoms with Crippen LogP contribution >= 0.6 is 0 Å². The number of alkyl halides is 3. The monoisotopic (exact) mass is 307 g/mol. The Hall–Kier alpha value is -2.45. The fourth-order valence-corrected chi connectivity index (χ4v) is 1.50. The van der Waals surface area contributed by atoms with Crippen LogP contribution in [-0.4, -0.2) is 4.98 Å². The fourth-order valence-electron chi connectivity index (χ4n) is 1.50. The van der Waals surface area contributed by atoms with E-state index >= 15 is 0 Å². The summed E-state index contributed by atoms with van der Waals surface area (Å²) in [6.07, 6.45) is -4.00. The molecule has 0 spiro atoms. The SMILES string of the molecule is Nc1cnc(C(F)(F)F)cc1Nc1ccc(F)c(F)c1F. The van der Waals surface area contributed by atoms with E-state index in [9.17, 15) is 26.3 Å². The molecule has 0 saturated carbocycles. The van der Waals surface area contributed by atoms with E-state index in [1.54, 1.807) is 0 Å². The molecule has 0 aliphatic rings. The maximum Gasteiger partial charge on any atom is 0.433 e. The third-order valence-electron chi connectivity index (χ3n) is 2.53. The Morgan fingerprint density at radius 1 is 1.00 bits per heavy atom. The van der Waals surface area contributed by atoms with Gasteiger partial charge in [-0.3, -0.25) is 0 Å². The van der Waals surface area contributed by atoms with Crippen LogP contribution in [0.4, 0.5) is 43.4 Å². The minimum atomic E-state index is -4.73. The lowest BCUT2D eigenvalue weighted by molar-refractivity contribution is -0.141. The van der Waals surface area contributed by atoms with Crippen molar-refractivity contribution in [1.82, 2.24) is 4.98 Å². The molecule has 2 rings (SSSR count). The Labute approximate surface area is 114 Å². The van der Waals surface area contributed by atoms with Gasteiger partial charge in [-0.05, 0) is 18.2 Å². The van der Waals surface area contributed by atoms with Gasteiger partial charge in [0.2, 0.25) is 0 Å². The predicted octanol–water partition coefficient (Wildman–Crippen LogP) is 3.84. The average molecular weight is 307 g/mol. The molecule has 1 aromatic carbocycles. The van der Waals surface area contributed by atoms with Gasteiger partial charge < -0.3 is 11.1 Å². The minimum Gasteiger partial charge on any atom is -0.396 e. The molecular weight excluding hydrogens is 300 g/mol. The van der Waals surface area contributed by atoms with Gasteiger partial charge in [0, 0.05) is 0 Å². The van der Waals surface area contributed by atoms with Gasteiger partial charge in [0.1, 0.15) is 5.69 Å². The fraction of sp³-hybridized carbons (Fsp3) is 0.0833. The summed E-state index contributed by atoms with van der Waals surface area (Å²) in [5.41, 5.74) is 3.05. The maximum atomic E-state index is 13.5. The second-order valence-corrected chi connectivity index (χ2v) is 4.00. The van der Waals surface area contributed by atoms with Crippen LogP contribution in [0.1, 0.15) is 5.69 Å². The average Bonchev–Trinajstić information content (AvgIpc) is 2.40. The minimum absolute atomic E-state index is 0.216. The molecule has 9 heteroatoms. The quantitative estimate of drug-likeness (QED) is 0.654. The first-order valence-corrected chi connectivity index (χ1v) is 5.43. The number of nitrogens with one attached hydrogen (secondary N) is 1. The molecule has 0 aliphatic carbocycles. The first-order chi connectivity index (χ1) is 9.70. The molecule has 21 heavy (non-hydrogen) atoms. The first kappa shape index (κ1) is 14.9. The largest absolute Gasteiger partial charge is 0.433 e. The number of nitrogens with zero attached hydrogens (tertiary/aromatic N) is 1. The molecule has 3 N–H and O–H groups in total. The zero-order chi connectivity index (χ0) is 15.8. The molecular formula is C12H7F6N3. The second-order valence-electron chi connectivity index (χ2n) is 4.00. The van der Waals surface area contributed by atoms with Gasteiger partial charge in [-0.25, -0.2) is 18.2 Å². The molecule has 0 saturated heterocycles. The molecule has 0 radical (unpaired) electrons. The van der Waals surface area contributed by atoms with Crippen LogP contribution in [0, 0.1) is 17.5 Å². The maximum absolute atomic E-state index is 13.5. The number of pyridine rings is 1. The smallest absolute Gasteiger partial charge is 0.396 e. The summed E-state index contributed by atoms with van der Waals surface area (Å²) in [5.74, 6) is -4.74. The Balaban J connectivity index is 2.42. The van der Waals surface area contributed by atoms with Crippen LogP contribution in [0.5, 0.6) is 0 Å². The molecule has 0 aliphatic heterocycles. The van der Waals surface area contributed by atoms with E-state index in [1.165, 1.54) is 0 Å². The molecule has 2 aromatic rings. The van der Waals surface area contributed by atoms with Crippen molar-refractivity contribution in [3.63, 3.8) is 0 Å². The highest BCUT2D eigenvalue weighted by atomic mass is 19.4. The summed E-state index contributed by atoms with van der Waals surface area (Å²) in [4.78, 5) is 3.09. The molecule has 0 amide bonds. The van der Waals surface area contributed by atoms with Crippen LogP contribution in [0.25, 0.3) is 0 Å². The first-order valence-electron chi connectivity index (χ1n) is 5.43. The Morgan fingerprint density at radius 3 is 2.29 bits per heavy atom. The van der Waals surface area contributed by atoms with Crippen LogP contribution in [0.3, 0.4) is 0 Å². The number of hydrogen-bond acceptors (Lipinski definition) is 3. The number of hydrogen-bond donors (Lipinski definition) is 2. The summed E-state index contributed by atoms with van der Waals surface area (Å²) in [5, 5.41) is 2.17. The van der Waals surface area contributed by atoms with Crippen molar-refractivity contribution in [2.75, 3.05) is 11.1 Å². The Morgan fingerprint density at radius 2 is 1.67 bits per heavy atom. The Kier molecular flexibility index (Phi) is 3.67. The van der Waals surface area contributed by atoms with E-state index < -0.39 is 35.0 Å². The van der Waals surface area contributed by atoms with Crippen molar-refractivity contribution >= 4 is 17.1 Å². The lowest BCUT2D eigenvalue weighted by atomic mass is 10.2. The van der Waals surface area contributed by atoms with Crippen molar-refractivity contribution in [2.45, 2.75) is 6.18 Å². The highest BCUT2D eigenvalue weighted by Gasteiger charge is 2.33. The van der Waals surface area contributed by atoms with Crippen molar-refractivity contribution in [3.8, 4) is 0 Å². The number of benzene rings is 1. The molecule has 0 unspecified atom stereocenters. The van der Waals surface area contributed by atoms with Crippen molar-refractivity contribution in [3.05, 3.63) is 47.5 Å². The van der Waals surface area contributed by atoms with E-state index in [4.69, 9.17) is 5.73 Å². The number of aromatic nitrogens is 1. The molecule has 0 bridgehead atoms. The van der Waals surface area contributed by atoms with Gasteiger partial charge in [0.25, 0.3) is 0 Å². The normalized spacial score (nSPS) is 11.5. The number of rotatable bonds is 2. The zero-order valence-electron chi connectivity index (χ0n) is 10.1. The predicted molar refractivity (Wildman–Crippen MR) is 63.3 cm³/mol. The molecule has 3 nitrogen and oxygen atoms in total. The molecule has 0 atom stereocenters. The summed E-state index contributed by atoms with van der Waals surface area (Å²) in [7, 11) is 0. The van der Waals surface area contributed by atoms with Gasteiger partial charge in [0.05, 0.1) is 23.3 Å². The van der Waals surface area contributed by atoms with Crippen LogP contribution < -0.4 is 11.1 Å². The van der Waals surface area contributed by atoms with Gasteiger partial charge in [-0.2, -0.15) is 13.2 Å². The van der Waals surface area contributed by atoms with Gasteiger partial charge >= 0.3 is 6.18 Å². The standard InChI is InChI=1S/C12H7F6N3/c13-5-1-2-7(11(15)10(5)14)21-8-3-9(12(16,17)18)20-4-6(8)19/h1-4H,19H2,(H,20,21). The zero-order valence-corrected chi connectivity index (χ0v) is 10.1. The highest BCUT2D eigenvalue weighted by molar-refractivity contribution is 5.72. The Bertz CT molecular complexity index is 683. The number of nitrogens with two attached hydrogens (primary N) is 1. The van der Waals surface area contributed by atoms with Crippen LogP contribution in [0.2, 0.25) is 0 Å². The molecule has 1 heterocycles. The van der Waals surface area contributed by atoms with Gasteiger partial charge in [-0.1, -0.05) is 0 Å². The highest BCUT2D eigenvalue weighted by Crippen LogP contribution is 2.33. The van der Waals surface area contributed by atoms with Crippen LogP contribution in [-0.2, 0) is 6.18 Å². The van der Waals surface area contributed by atoms with Crippen LogP contribution in [0.15, 0.2) is 24.4 Å².